The molecule has 0 aliphatic carbocycles. The molecule has 2 atom stereocenters. The van der Waals surface area contributed by atoms with Gasteiger partial charge >= 0.3 is 5.97 Å². The molecule has 1 amide bonds. The standard InChI is InChI=1S/C11H19NO3/c1-7(2)9-4-5-12(6-9)10(13)8(3)11(14)15/h7-9H,4-6H2,1-3H3,(H,14,15). The van der Waals surface area contributed by atoms with Crippen LogP contribution in [0.3, 0.4) is 0 Å². The number of carbonyl (C=O) groups excluding carboxylic acids is 1. The van der Waals surface area contributed by atoms with E-state index in [1.807, 2.05) is 0 Å². The summed E-state index contributed by atoms with van der Waals surface area (Å²) in [5, 5.41) is 8.74. The first-order valence-electron chi connectivity index (χ1n) is 5.45. The molecule has 0 saturated carbocycles. The fourth-order valence-electron chi connectivity index (χ4n) is 1.91. The minimum atomic E-state index is -1.03. The molecule has 15 heavy (non-hydrogen) atoms. The normalized spacial score (nSPS) is 23.2. The average Bonchev–Trinajstić information content (AvgIpc) is 2.64. The van der Waals surface area contributed by atoms with E-state index < -0.39 is 11.9 Å². The zero-order valence-electron chi connectivity index (χ0n) is 9.56. The SMILES string of the molecule is CC(C(=O)O)C(=O)N1CCC(C(C)C)C1. The van der Waals surface area contributed by atoms with Crippen LogP contribution in [-0.4, -0.2) is 35.0 Å². The van der Waals surface area contributed by atoms with Crippen LogP contribution in [0, 0.1) is 17.8 Å². The van der Waals surface area contributed by atoms with E-state index in [0.717, 1.165) is 6.42 Å². The molecule has 1 aliphatic rings. The molecule has 1 heterocycles. The van der Waals surface area contributed by atoms with E-state index in [0.29, 0.717) is 24.9 Å². The lowest BCUT2D eigenvalue weighted by Crippen LogP contribution is -2.36. The number of nitrogens with zero attached hydrogens (tertiary/aromatic N) is 1. The van der Waals surface area contributed by atoms with Crippen molar-refractivity contribution in [1.29, 1.82) is 0 Å². The first kappa shape index (κ1) is 12.0. The molecule has 2 unspecified atom stereocenters. The Balaban J connectivity index is 2.54. The number of hydrogen-bond acceptors (Lipinski definition) is 2. The summed E-state index contributed by atoms with van der Waals surface area (Å²) in [7, 11) is 0. The van der Waals surface area contributed by atoms with Crippen molar-refractivity contribution >= 4 is 11.9 Å². The molecule has 0 aromatic heterocycles. The van der Waals surface area contributed by atoms with Gasteiger partial charge < -0.3 is 10.0 Å². The summed E-state index contributed by atoms with van der Waals surface area (Å²) in [6.45, 7) is 7.15. The fourth-order valence-corrected chi connectivity index (χ4v) is 1.91. The maximum atomic E-state index is 11.7. The van der Waals surface area contributed by atoms with Gasteiger partial charge in [-0.2, -0.15) is 0 Å². The Bertz CT molecular complexity index is 263. The van der Waals surface area contributed by atoms with E-state index in [9.17, 15) is 9.59 Å². The number of hydrogen-bond donors (Lipinski definition) is 1. The van der Waals surface area contributed by atoms with Crippen molar-refractivity contribution in [3.63, 3.8) is 0 Å². The lowest BCUT2D eigenvalue weighted by molar-refractivity contribution is -0.149. The first-order valence-corrected chi connectivity index (χ1v) is 5.45. The highest BCUT2D eigenvalue weighted by Crippen LogP contribution is 2.24. The maximum Gasteiger partial charge on any atom is 0.315 e. The molecule has 1 saturated heterocycles. The van der Waals surface area contributed by atoms with Crippen LogP contribution in [0.1, 0.15) is 27.2 Å². The van der Waals surface area contributed by atoms with Crippen molar-refractivity contribution in [2.45, 2.75) is 27.2 Å². The Labute approximate surface area is 90.3 Å². The molecular weight excluding hydrogens is 194 g/mol. The van der Waals surface area contributed by atoms with Crippen molar-refractivity contribution < 1.29 is 14.7 Å². The van der Waals surface area contributed by atoms with Crippen LogP contribution in [0.25, 0.3) is 0 Å². The zero-order chi connectivity index (χ0) is 11.6. The molecule has 0 aromatic rings. The van der Waals surface area contributed by atoms with Crippen LogP contribution >= 0.6 is 0 Å². The van der Waals surface area contributed by atoms with E-state index in [1.165, 1.54) is 6.92 Å². The van der Waals surface area contributed by atoms with Gasteiger partial charge in [-0.05, 0) is 25.2 Å². The molecule has 0 spiro atoms. The van der Waals surface area contributed by atoms with Crippen LogP contribution in [0.2, 0.25) is 0 Å². The van der Waals surface area contributed by atoms with Crippen LogP contribution < -0.4 is 0 Å². The topological polar surface area (TPSA) is 57.6 Å². The number of carboxylic acid groups (broad SMARTS) is 1. The van der Waals surface area contributed by atoms with Gasteiger partial charge in [-0.3, -0.25) is 9.59 Å². The number of carboxylic acids is 1. The Kier molecular flexibility index (Phi) is 3.72. The summed E-state index contributed by atoms with van der Waals surface area (Å²) < 4.78 is 0. The second-order valence-corrected chi connectivity index (χ2v) is 4.64. The molecule has 1 rings (SSSR count). The summed E-state index contributed by atoms with van der Waals surface area (Å²) in [5.41, 5.74) is 0. The van der Waals surface area contributed by atoms with Crippen molar-refractivity contribution in [1.82, 2.24) is 4.90 Å². The van der Waals surface area contributed by atoms with Gasteiger partial charge in [0.1, 0.15) is 5.92 Å². The van der Waals surface area contributed by atoms with E-state index in [1.54, 1.807) is 4.90 Å². The third kappa shape index (κ3) is 2.70. The van der Waals surface area contributed by atoms with E-state index in [4.69, 9.17) is 5.11 Å². The van der Waals surface area contributed by atoms with Gasteiger partial charge in [-0.15, -0.1) is 0 Å². The van der Waals surface area contributed by atoms with Crippen molar-refractivity contribution in [3.8, 4) is 0 Å². The first-order chi connectivity index (χ1) is 6.93. The molecule has 1 N–H and O–H groups in total. The monoisotopic (exact) mass is 213 g/mol. The highest BCUT2D eigenvalue weighted by molar-refractivity contribution is 5.96. The van der Waals surface area contributed by atoms with Crippen molar-refractivity contribution in [2.75, 3.05) is 13.1 Å². The fraction of sp³-hybridized carbons (Fsp3) is 0.818. The molecule has 0 bridgehead atoms. The second-order valence-electron chi connectivity index (χ2n) is 4.64. The lowest BCUT2D eigenvalue weighted by Gasteiger charge is -2.19. The minimum absolute atomic E-state index is 0.245. The number of carbonyl (C=O) groups is 2. The maximum absolute atomic E-state index is 11.7. The second kappa shape index (κ2) is 4.64. The van der Waals surface area contributed by atoms with E-state index in [-0.39, 0.29) is 5.91 Å². The largest absolute Gasteiger partial charge is 0.481 e. The number of amides is 1. The summed E-state index contributed by atoms with van der Waals surface area (Å²) in [6, 6.07) is 0. The highest BCUT2D eigenvalue weighted by Gasteiger charge is 2.32. The van der Waals surface area contributed by atoms with Gasteiger partial charge in [0.2, 0.25) is 5.91 Å². The third-order valence-electron chi connectivity index (χ3n) is 3.22. The van der Waals surface area contributed by atoms with Gasteiger partial charge in [0.25, 0.3) is 0 Å². The summed E-state index contributed by atoms with van der Waals surface area (Å²) in [5.74, 6) is -1.10. The third-order valence-corrected chi connectivity index (χ3v) is 3.22. The van der Waals surface area contributed by atoms with Gasteiger partial charge in [0.05, 0.1) is 0 Å². The molecule has 1 fully saturated rings. The summed E-state index contributed by atoms with van der Waals surface area (Å²) in [4.78, 5) is 24.0. The molecule has 4 nitrogen and oxygen atoms in total. The average molecular weight is 213 g/mol. The Hall–Kier alpha value is -1.06. The quantitative estimate of drug-likeness (QED) is 0.717. The summed E-state index contributed by atoms with van der Waals surface area (Å²) in [6.07, 6.45) is 0.996. The van der Waals surface area contributed by atoms with Crippen molar-refractivity contribution in [3.05, 3.63) is 0 Å². The molecular formula is C11H19NO3. The van der Waals surface area contributed by atoms with Crippen LogP contribution in [0.15, 0.2) is 0 Å². The number of likely N-dealkylation sites (tertiary alicyclic amines) is 1. The molecule has 1 aliphatic heterocycles. The predicted molar refractivity (Wildman–Crippen MR) is 56.3 cm³/mol. The molecule has 4 heteroatoms. The number of rotatable bonds is 3. The zero-order valence-corrected chi connectivity index (χ0v) is 9.56. The van der Waals surface area contributed by atoms with Gasteiger partial charge in [0.15, 0.2) is 0 Å². The minimum Gasteiger partial charge on any atom is -0.481 e. The molecule has 86 valence electrons. The smallest absolute Gasteiger partial charge is 0.315 e. The molecule has 0 radical (unpaired) electrons. The van der Waals surface area contributed by atoms with Gasteiger partial charge in [0, 0.05) is 13.1 Å². The van der Waals surface area contributed by atoms with Crippen LogP contribution in [0.4, 0.5) is 0 Å². The Morgan fingerprint density at radius 2 is 1.93 bits per heavy atom. The summed E-state index contributed by atoms with van der Waals surface area (Å²) >= 11 is 0. The Morgan fingerprint density at radius 3 is 2.33 bits per heavy atom. The van der Waals surface area contributed by atoms with E-state index in [2.05, 4.69) is 13.8 Å². The lowest BCUT2D eigenvalue weighted by atomic mass is 9.95. The highest BCUT2D eigenvalue weighted by atomic mass is 16.4. The van der Waals surface area contributed by atoms with Crippen molar-refractivity contribution in [2.24, 2.45) is 17.8 Å². The van der Waals surface area contributed by atoms with E-state index >= 15 is 0 Å². The van der Waals surface area contributed by atoms with Crippen LogP contribution in [0.5, 0.6) is 0 Å². The molecule has 0 aromatic carbocycles. The van der Waals surface area contributed by atoms with Gasteiger partial charge in [-0.1, -0.05) is 13.8 Å². The predicted octanol–water partition coefficient (Wildman–Crippen LogP) is 1.21. The van der Waals surface area contributed by atoms with Crippen LogP contribution in [-0.2, 0) is 9.59 Å². The Morgan fingerprint density at radius 1 is 1.33 bits per heavy atom. The number of aliphatic carboxylic acids is 1. The van der Waals surface area contributed by atoms with Gasteiger partial charge in [-0.25, -0.2) is 0 Å².